The van der Waals surface area contributed by atoms with Crippen molar-refractivity contribution in [2.75, 3.05) is 26.2 Å². The van der Waals surface area contributed by atoms with Crippen LogP contribution in [0.2, 0.25) is 0 Å². The van der Waals surface area contributed by atoms with Crippen molar-refractivity contribution in [3.8, 4) is 0 Å². The maximum absolute atomic E-state index is 13.2. The minimum Gasteiger partial charge on any atom is -0.459 e. The molecule has 1 unspecified atom stereocenters. The number of nitrogens with one attached hydrogen (secondary N) is 1. The number of piperazine rings is 1. The Kier molecular flexibility index (Phi) is 6.90. The number of hydrogen-bond acceptors (Lipinski definition) is 5. The zero-order valence-electron chi connectivity index (χ0n) is 19.1. The Labute approximate surface area is 195 Å². The summed E-state index contributed by atoms with van der Waals surface area (Å²) in [7, 11) is -3.62. The number of carbonyl (C=O) groups excluding carboxylic acids is 2. The summed E-state index contributed by atoms with van der Waals surface area (Å²) >= 11 is 0. The molecule has 1 aliphatic heterocycles. The fourth-order valence-corrected chi connectivity index (χ4v) is 5.97. The summed E-state index contributed by atoms with van der Waals surface area (Å²) < 4.78 is 33.0. The van der Waals surface area contributed by atoms with Crippen molar-refractivity contribution in [2.24, 2.45) is 5.92 Å². The highest BCUT2D eigenvalue weighted by Gasteiger charge is 2.34. The van der Waals surface area contributed by atoms with E-state index >= 15 is 0 Å². The molecule has 4 rings (SSSR count). The molecule has 1 atom stereocenters. The molecule has 1 N–H and O–H groups in total. The van der Waals surface area contributed by atoms with Crippen molar-refractivity contribution in [2.45, 2.75) is 50.5 Å². The van der Waals surface area contributed by atoms with Crippen molar-refractivity contribution in [3.63, 3.8) is 0 Å². The lowest BCUT2D eigenvalue weighted by atomic mass is 9.92. The van der Waals surface area contributed by atoms with Crippen LogP contribution in [-0.2, 0) is 27.7 Å². The molecule has 9 heteroatoms. The van der Waals surface area contributed by atoms with Gasteiger partial charge in [-0.2, -0.15) is 4.31 Å². The Hall–Kier alpha value is -2.65. The van der Waals surface area contributed by atoms with E-state index in [1.165, 1.54) is 16.1 Å². The van der Waals surface area contributed by atoms with Gasteiger partial charge in [0.1, 0.15) is 6.04 Å². The number of furan rings is 1. The summed E-state index contributed by atoms with van der Waals surface area (Å²) in [5, 5.41) is 2.76. The number of hydrogen-bond donors (Lipinski definition) is 1. The van der Waals surface area contributed by atoms with Crippen LogP contribution in [0.1, 0.15) is 48.4 Å². The molecule has 178 valence electrons. The molecule has 33 heavy (non-hydrogen) atoms. The second-order valence-electron chi connectivity index (χ2n) is 9.04. The maximum Gasteiger partial charge on any atom is 0.287 e. The van der Waals surface area contributed by atoms with E-state index in [0.717, 1.165) is 31.2 Å². The highest BCUT2D eigenvalue weighted by Crippen LogP contribution is 2.26. The smallest absolute Gasteiger partial charge is 0.287 e. The van der Waals surface area contributed by atoms with E-state index < -0.39 is 22.0 Å². The molecule has 1 saturated heterocycles. The van der Waals surface area contributed by atoms with Crippen LogP contribution >= 0.6 is 0 Å². The average Bonchev–Trinajstić information content (AvgIpc) is 3.37. The summed E-state index contributed by atoms with van der Waals surface area (Å²) in [4.78, 5) is 27.5. The van der Waals surface area contributed by atoms with Crippen molar-refractivity contribution in [3.05, 3.63) is 53.5 Å². The van der Waals surface area contributed by atoms with E-state index in [1.54, 1.807) is 23.1 Å². The number of sulfonamides is 1. The average molecular weight is 474 g/mol. The number of benzene rings is 1. The van der Waals surface area contributed by atoms with Gasteiger partial charge in [-0.25, -0.2) is 8.42 Å². The maximum atomic E-state index is 13.2. The summed E-state index contributed by atoms with van der Waals surface area (Å²) in [6.45, 7) is 4.74. The number of carbonyl (C=O) groups is 2. The molecule has 2 aromatic rings. The Morgan fingerprint density at radius 3 is 2.33 bits per heavy atom. The number of nitrogens with zero attached hydrogens (tertiary/aromatic N) is 2. The fraction of sp³-hybridized carbons (Fsp3) is 0.500. The van der Waals surface area contributed by atoms with Gasteiger partial charge in [0, 0.05) is 26.2 Å². The number of amides is 2. The number of rotatable bonds is 6. The summed E-state index contributed by atoms with van der Waals surface area (Å²) in [5.41, 5.74) is 2.37. The van der Waals surface area contributed by atoms with Crippen LogP contribution in [0.15, 0.2) is 45.9 Å². The van der Waals surface area contributed by atoms with Gasteiger partial charge in [0.05, 0.1) is 11.2 Å². The van der Waals surface area contributed by atoms with Gasteiger partial charge in [0.15, 0.2) is 5.76 Å². The Bertz CT molecular complexity index is 1100. The van der Waals surface area contributed by atoms with Crippen LogP contribution in [0.3, 0.4) is 0 Å². The van der Waals surface area contributed by atoms with Gasteiger partial charge in [-0.05, 0) is 67.0 Å². The van der Waals surface area contributed by atoms with E-state index in [0.29, 0.717) is 4.90 Å². The molecule has 1 fully saturated rings. The summed E-state index contributed by atoms with van der Waals surface area (Å²) in [6, 6.07) is 7.91. The first kappa shape index (κ1) is 23.5. The normalized spacial score (nSPS) is 18.1. The van der Waals surface area contributed by atoms with Crippen LogP contribution in [0.5, 0.6) is 0 Å². The first-order valence-corrected chi connectivity index (χ1v) is 13.0. The van der Waals surface area contributed by atoms with Crippen LogP contribution in [0.25, 0.3) is 0 Å². The van der Waals surface area contributed by atoms with Gasteiger partial charge in [-0.15, -0.1) is 0 Å². The molecular formula is C24H31N3O5S. The van der Waals surface area contributed by atoms with E-state index in [1.807, 2.05) is 26.0 Å². The lowest BCUT2D eigenvalue weighted by Gasteiger charge is -2.36. The monoisotopic (exact) mass is 473 g/mol. The van der Waals surface area contributed by atoms with Crippen molar-refractivity contribution < 1.29 is 22.4 Å². The van der Waals surface area contributed by atoms with Crippen LogP contribution in [-0.4, -0.2) is 61.7 Å². The SMILES string of the molecule is CC(C)C(NC(=O)c1ccco1)C(=O)N1CCN(S(=O)(=O)c2ccc3c(c2)CCCC3)CC1. The van der Waals surface area contributed by atoms with E-state index in [9.17, 15) is 18.0 Å². The van der Waals surface area contributed by atoms with Crippen LogP contribution in [0, 0.1) is 5.92 Å². The predicted molar refractivity (Wildman–Crippen MR) is 123 cm³/mol. The Morgan fingerprint density at radius 2 is 1.70 bits per heavy atom. The molecule has 1 aromatic carbocycles. The summed E-state index contributed by atoms with van der Waals surface area (Å²) in [6.07, 6.45) is 5.56. The van der Waals surface area contributed by atoms with Crippen molar-refractivity contribution >= 4 is 21.8 Å². The predicted octanol–water partition coefficient (Wildman–Crippen LogP) is 2.45. The molecule has 8 nitrogen and oxygen atoms in total. The lowest BCUT2D eigenvalue weighted by Crippen LogP contribution is -2.57. The molecular weight excluding hydrogens is 442 g/mol. The second kappa shape index (κ2) is 9.69. The third-order valence-corrected chi connectivity index (χ3v) is 8.37. The molecule has 2 aliphatic rings. The van der Waals surface area contributed by atoms with E-state index in [-0.39, 0.29) is 43.8 Å². The molecule has 0 spiro atoms. The topological polar surface area (TPSA) is 99.9 Å². The number of fused-ring (bicyclic) bond motifs is 1. The Balaban J connectivity index is 1.41. The van der Waals surface area contributed by atoms with Gasteiger partial charge >= 0.3 is 0 Å². The van der Waals surface area contributed by atoms with Gasteiger partial charge in [0.25, 0.3) is 5.91 Å². The quantitative estimate of drug-likeness (QED) is 0.695. The van der Waals surface area contributed by atoms with Crippen molar-refractivity contribution in [1.82, 2.24) is 14.5 Å². The van der Waals surface area contributed by atoms with Crippen molar-refractivity contribution in [1.29, 1.82) is 0 Å². The second-order valence-corrected chi connectivity index (χ2v) is 11.0. The molecule has 0 bridgehead atoms. The zero-order valence-corrected chi connectivity index (χ0v) is 19.9. The standard InChI is InChI=1S/C24H31N3O5S/c1-17(2)22(25-23(28)21-8-5-15-32-21)24(29)26-11-13-27(14-12-26)33(30,31)20-10-9-18-6-3-4-7-19(18)16-20/h5,8-10,15-17,22H,3-4,6-7,11-14H2,1-2H3,(H,25,28). The molecule has 0 saturated carbocycles. The van der Waals surface area contributed by atoms with Gasteiger partial charge in [0.2, 0.25) is 15.9 Å². The van der Waals surface area contributed by atoms with Crippen LogP contribution < -0.4 is 5.32 Å². The summed E-state index contributed by atoms with van der Waals surface area (Å²) in [5.74, 6) is -0.639. The molecule has 0 radical (unpaired) electrons. The van der Waals surface area contributed by atoms with Gasteiger partial charge in [-0.3, -0.25) is 9.59 Å². The first-order chi connectivity index (χ1) is 15.8. The van der Waals surface area contributed by atoms with E-state index in [4.69, 9.17) is 4.42 Å². The molecule has 1 aromatic heterocycles. The first-order valence-electron chi connectivity index (χ1n) is 11.5. The van der Waals surface area contributed by atoms with Gasteiger partial charge < -0.3 is 14.6 Å². The highest BCUT2D eigenvalue weighted by atomic mass is 32.2. The highest BCUT2D eigenvalue weighted by molar-refractivity contribution is 7.89. The zero-order chi connectivity index (χ0) is 23.6. The Morgan fingerprint density at radius 1 is 1.00 bits per heavy atom. The largest absolute Gasteiger partial charge is 0.459 e. The van der Waals surface area contributed by atoms with Crippen LogP contribution in [0.4, 0.5) is 0 Å². The minimum atomic E-state index is -3.62. The van der Waals surface area contributed by atoms with Gasteiger partial charge in [-0.1, -0.05) is 19.9 Å². The molecule has 1 aliphatic carbocycles. The minimum absolute atomic E-state index is 0.131. The lowest BCUT2D eigenvalue weighted by molar-refractivity contribution is -0.135. The third-order valence-electron chi connectivity index (χ3n) is 6.47. The molecule has 2 heterocycles. The number of aryl methyl sites for hydroxylation is 2. The third kappa shape index (κ3) is 4.99. The fourth-order valence-electron chi connectivity index (χ4n) is 4.50. The molecule has 2 amide bonds. The van der Waals surface area contributed by atoms with E-state index in [2.05, 4.69) is 5.32 Å².